The molecular formula is C23H25N9O. The van der Waals surface area contributed by atoms with E-state index < -0.39 is 5.91 Å². The highest BCUT2D eigenvalue weighted by molar-refractivity contribution is 6.06. The zero-order chi connectivity index (χ0) is 23.3. The molecule has 0 atom stereocenters. The van der Waals surface area contributed by atoms with Crippen LogP contribution in [-0.4, -0.2) is 36.4 Å². The fourth-order valence-corrected chi connectivity index (χ4v) is 4.20. The van der Waals surface area contributed by atoms with E-state index in [-0.39, 0.29) is 12.6 Å². The Morgan fingerprint density at radius 3 is 2.79 bits per heavy atom. The second kappa shape index (κ2) is 7.73. The lowest BCUT2D eigenvalue weighted by molar-refractivity contribution is -0.118. The molecule has 0 unspecified atom stereocenters. The van der Waals surface area contributed by atoms with Crippen molar-refractivity contribution in [2.24, 2.45) is 10.7 Å². The maximum Gasteiger partial charge on any atom is 0.239 e. The average Bonchev–Trinajstić information content (AvgIpc) is 3.45. The average molecular weight is 444 g/mol. The maximum atomic E-state index is 11.2. The molecule has 0 spiro atoms. The zero-order valence-corrected chi connectivity index (χ0v) is 18.7. The number of amides is 1. The molecule has 5 N–H and O–H groups in total. The molecule has 168 valence electrons. The van der Waals surface area contributed by atoms with Crippen LogP contribution in [0.1, 0.15) is 36.7 Å². The molecule has 1 amide bonds. The molecule has 0 bridgehead atoms. The first-order chi connectivity index (χ1) is 15.8. The summed E-state index contributed by atoms with van der Waals surface area (Å²) in [6, 6.07) is 6.38. The SMILES string of the molecule is Cc1nn(CC(N)=O)cc1Nc1nc(N)c2c(-c3cccc4c3C=NC4)cn(C(C)C)c2n1. The number of aromatic nitrogens is 5. The summed E-state index contributed by atoms with van der Waals surface area (Å²) in [6.45, 7) is 6.71. The molecule has 1 aliphatic heterocycles. The van der Waals surface area contributed by atoms with Crippen LogP contribution in [0.4, 0.5) is 17.5 Å². The Kier molecular flexibility index (Phi) is 4.85. The quantitative estimate of drug-likeness (QED) is 0.418. The molecule has 10 heteroatoms. The van der Waals surface area contributed by atoms with E-state index in [1.54, 1.807) is 6.20 Å². The van der Waals surface area contributed by atoms with E-state index in [1.807, 2.05) is 19.2 Å². The van der Waals surface area contributed by atoms with Crippen LogP contribution in [0.15, 0.2) is 35.6 Å². The van der Waals surface area contributed by atoms with Gasteiger partial charge in [0, 0.05) is 35.8 Å². The lowest BCUT2D eigenvalue weighted by atomic mass is 9.97. The number of carbonyl (C=O) groups excluding carboxylic acids is 1. The van der Waals surface area contributed by atoms with Gasteiger partial charge in [-0.05, 0) is 31.9 Å². The topological polar surface area (TPSA) is 142 Å². The number of nitrogens with two attached hydrogens (primary N) is 2. The first-order valence-electron chi connectivity index (χ1n) is 10.7. The molecule has 0 radical (unpaired) electrons. The molecule has 0 aliphatic carbocycles. The van der Waals surface area contributed by atoms with Gasteiger partial charge in [0.2, 0.25) is 11.9 Å². The number of primary amides is 1. The smallest absolute Gasteiger partial charge is 0.239 e. The highest BCUT2D eigenvalue weighted by Crippen LogP contribution is 2.38. The number of nitrogens with zero attached hydrogens (tertiary/aromatic N) is 6. The standard InChI is InChI=1S/C23H25N9O/c1-12(2)32-9-17(15-6-4-5-14-7-26-8-16(14)15)20-21(25)28-23(29-22(20)32)27-18-10-31(11-19(24)33)30-13(18)3/h4-6,8-10,12H,7,11H2,1-3H3,(H2,24,33)(H3,25,27,28,29). The van der Waals surface area contributed by atoms with Gasteiger partial charge in [-0.3, -0.25) is 14.5 Å². The largest absolute Gasteiger partial charge is 0.383 e. The third-order valence-electron chi connectivity index (χ3n) is 5.74. The molecule has 1 aromatic carbocycles. The molecule has 1 aliphatic rings. The third kappa shape index (κ3) is 3.59. The Balaban J connectivity index is 1.62. The summed E-state index contributed by atoms with van der Waals surface area (Å²) in [5, 5.41) is 8.30. The second-order valence-corrected chi connectivity index (χ2v) is 8.44. The Labute approximate surface area is 190 Å². The number of anilines is 3. The van der Waals surface area contributed by atoms with Gasteiger partial charge in [-0.15, -0.1) is 0 Å². The number of nitrogens with one attached hydrogen (secondary N) is 1. The molecule has 0 saturated heterocycles. The summed E-state index contributed by atoms with van der Waals surface area (Å²) in [7, 11) is 0. The predicted octanol–water partition coefficient (Wildman–Crippen LogP) is 2.93. The number of benzene rings is 1. The van der Waals surface area contributed by atoms with Crippen LogP contribution in [0.2, 0.25) is 0 Å². The van der Waals surface area contributed by atoms with Gasteiger partial charge in [-0.25, -0.2) is 0 Å². The molecule has 0 saturated carbocycles. The first kappa shape index (κ1) is 20.7. The molecule has 4 heterocycles. The first-order valence-corrected chi connectivity index (χ1v) is 10.7. The fraction of sp³-hybridized carbons (Fsp3) is 0.261. The number of carbonyl (C=O) groups is 1. The molecule has 3 aromatic heterocycles. The summed E-state index contributed by atoms with van der Waals surface area (Å²) in [5.74, 6) is 0.269. The highest BCUT2D eigenvalue weighted by Gasteiger charge is 2.22. The van der Waals surface area contributed by atoms with Crippen molar-refractivity contribution in [1.82, 2.24) is 24.3 Å². The van der Waals surface area contributed by atoms with E-state index in [9.17, 15) is 4.79 Å². The van der Waals surface area contributed by atoms with Crippen molar-refractivity contribution in [2.45, 2.75) is 39.9 Å². The molecule has 4 aromatic rings. The number of hydrogen-bond donors (Lipinski definition) is 3. The van der Waals surface area contributed by atoms with Crippen molar-refractivity contribution < 1.29 is 4.79 Å². The summed E-state index contributed by atoms with van der Waals surface area (Å²) >= 11 is 0. The minimum Gasteiger partial charge on any atom is -0.383 e. The molecule has 10 nitrogen and oxygen atoms in total. The van der Waals surface area contributed by atoms with Crippen LogP contribution in [0, 0.1) is 6.92 Å². The number of nitrogen functional groups attached to an aromatic ring is 1. The van der Waals surface area contributed by atoms with E-state index in [2.05, 4.69) is 57.1 Å². The van der Waals surface area contributed by atoms with Crippen LogP contribution in [0.25, 0.3) is 22.2 Å². The normalized spacial score (nSPS) is 12.6. The maximum absolute atomic E-state index is 11.2. The zero-order valence-electron chi connectivity index (χ0n) is 18.7. The van der Waals surface area contributed by atoms with Gasteiger partial charge in [0.25, 0.3) is 0 Å². The summed E-state index contributed by atoms with van der Waals surface area (Å²) in [6.07, 6.45) is 5.70. The van der Waals surface area contributed by atoms with Crippen molar-refractivity contribution in [3.63, 3.8) is 0 Å². The minimum absolute atomic E-state index is 0.00515. The Bertz CT molecular complexity index is 1430. The number of rotatable bonds is 6. The summed E-state index contributed by atoms with van der Waals surface area (Å²) in [4.78, 5) is 25.0. The van der Waals surface area contributed by atoms with Gasteiger partial charge in [0.15, 0.2) is 0 Å². The molecule has 33 heavy (non-hydrogen) atoms. The van der Waals surface area contributed by atoms with Crippen LogP contribution in [0.3, 0.4) is 0 Å². The minimum atomic E-state index is -0.467. The van der Waals surface area contributed by atoms with Gasteiger partial charge >= 0.3 is 0 Å². The Hall–Kier alpha value is -4.21. The number of fused-ring (bicyclic) bond motifs is 2. The number of aryl methyl sites for hydroxylation is 1. The van der Waals surface area contributed by atoms with Gasteiger partial charge < -0.3 is 21.4 Å². The predicted molar refractivity (Wildman–Crippen MR) is 129 cm³/mol. The van der Waals surface area contributed by atoms with Gasteiger partial charge in [-0.1, -0.05) is 18.2 Å². The number of aliphatic imine (C=N–C) groups is 1. The fourth-order valence-electron chi connectivity index (χ4n) is 4.20. The van der Waals surface area contributed by atoms with Crippen molar-refractivity contribution in [3.05, 3.63) is 47.4 Å². The lowest BCUT2D eigenvalue weighted by Gasteiger charge is -2.10. The second-order valence-electron chi connectivity index (χ2n) is 8.44. The van der Waals surface area contributed by atoms with Gasteiger partial charge in [-0.2, -0.15) is 15.1 Å². The number of hydrogen-bond acceptors (Lipinski definition) is 7. The monoisotopic (exact) mass is 443 g/mol. The van der Waals surface area contributed by atoms with Crippen LogP contribution < -0.4 is 16.8 Å². The molecule has 5 rings (SSSR count). The molecular weight excluding hydrogens is 418 g/mol. The van der Waals surface area contributed by atoms with Crippen molar-refractivity contribution >= 4 is 40.6 Å². The van der Waals surface area contributed by atoms with Crippen molar-refractivity contribution in [3.8, 4) is 11.1 Å². The van der Waals surface area contributed by atoms with Crippen LogP contribution in [0.5, 0.6) is 0 Å². The third-order valence-corrected chi connectivity index (χ3v) is 5.74. The van der Waals surface area contributed by atoms with Gasteiger partial charge in [0.1, 0.15) is 18.0 Å². The van der Waals surface area contributed by atoms with E-state index in [0.29, 0.717) is 29.7 Å². The van der Waals surface area contributed by atoms with Crippen LogP contribution >= 0.6 is 0 Å². The Morgan fingerprint density at radius 2 is 2.03 bits per heavy atom. The summed E-state index contributed by atoms with van der Waals surface area (Å²) < 4.78 is 3.58. The summed E-state index contributed by atoms with van der Waals surface area (Å²) in [5.41, 5.74) is 18.2. The van der Waals surface area contributed by atoms with E-state index in [1.165, 1.54) is 10.2 Å². The lowest BCUT2D eigenvalue weighted by Crippen LogP contribution is -2.18. The van der Waals surface area contributed by atoms with Gasteiger partial charge in [0.05, 0.1) is 23.3 Å². The van der Waals surface area contributed by atoms with Crippen molar-refractivity contribution in [2.75, 3.05) is 11.1 Å². The highest BCUT2D eigenvalue weighted by atomic mass is 16.1. The molecule has 0 fully saturated rings. The van der Waals surface area contributed by atoms with Crippen LogP contribution in [-0.2, 0) is 17.9 Å². The van der Waals surface area contributed by atoms with E-state index in [0.717, 1.165) is 27.7 Å². The van der Waals surface area contributed by atoms with Crippen molar-refractivity contribution in [1.29, 1.82) is 0 Å². The van der Waals surface area contributed by atoms with E-state index >= 15 is 0 Å². The van der Waals surface area contributed by atoms with E-state index in [4.69, 9.17) is 16.5 Å². The Morgan fingerprint density at radius 1 is 1.21 bits per heavy atom.